The van der Waals surface area contributed by atoms with Crippen LogP contribution in [0, 0.1) is 0 Å². The van der Waals surface area contributed by atoms with Crippen LogP contribution in [0.1, 0.15) is 45.1 Å². The van der Waals surface area contributed by atoms with E-state index >= 15 is 0 Å². The molecule has 1 aliphatic carbocycles. The molecular weight excluding hydrogens is 276 g/mol. The molecule has 3 heteroatoms. The van der Waals surface area contributed by atoms with Crippen LogP contribution in [-0.2, 0) is 20.7 Å². The maximum atomic E-state index is 12.2. The highest BCUT2D eigenvalue weighted by Gasteiger charge is 2.22. The molecule has 0 unspecified atom stereocenters. The lowest BCUT2D eigenvalue weighted by atomic mass is 9.91. The van der Waals surface area contributed by atoms with Crippen molar-refractivity contribution in [3.05, 3.63) is 58.9 Å². The van der Waals surface area contributed by atoms with Gasteiger partial charge < -0.3 is 4.74 Å². The number of Topliss-reactive ketones (excluding diaryl/α,β-unsaturated/α-hetero) is 1. The molecule has 0 aliphatic heterocycles. The van der Waals surface area contributed by atoms with Crippen LogP contribution in [-0.4, -0.2) is 11.8 Å². The summed E-state index contributed by atoms with van der Waals surface area (Å²) in [5, 5.41) is 0. The zero-order valence-electron chi connectivity index (χ0n) is 13.2. The fraction of sp³-hybridized carbons (Fsp3) is 0.368. The number of benzene rings is 1. The van der Waals surface area contributed by atoms with Gasteiger partial charge >= 0.3 is 5.97 Å². The molecule has 116 valence electrons. The van der Waals surface area contributed by atoms with Gasteiger partial charge in [-0.15, -0.1) is 0 Å². The van der Waals surface area contributed by atoms with Crippen molar-refractivity contribution < 1.29 is 14.3 Å². The van der Waals surface area contributed by atoms with Gasteiger partial charge in [0.2, 0.25) is 0 Å². The second-order valence-electron chi connectivity index (χ2n) is 5.58. The number of carbonyl (C=O) groups is 2. The fourth-order valence-electron chi connectivity index (χ4n) is 2.74. The van der Waals surface area contributed by atoms with Gasteiger partial charge in [0.25, 0.3) is 0 Å². The number of aryl methyl sites for hydroxylation is 1. The Morgan fingerprint density at radius 1 is 1.23 bits per heavy atom. The molecule has 0 saturated carbocycles. The predicted octanol–water partition coefficient (Wildman–Crippen LogP) is 4.14. The number of ether oxygens (including phenoxy) is 1. The average molecular weight is 298 g/mol. The van der Waals surface area contributed by atoms with Crippen LogP contribution in [0.5, 0.6) is 0 Å². The van der Waals surface area contributed by atoms with Gasteiger partial charge in [-0.1, -0.05) is 36.4 Å². The Balaban J connectivity index is 2.12. The standard InChI is InChI=1S/C19H22O3/c1-14-8-6-12-17(21)19(14)18(22-15(2)20)13-7-11-16-9-4-3-5-10-16/h3-5,8-10H,6-7,11-13H2,1-2H3/b19-18-. The first kappa shape index (κ1) is 16.2. The molecule has 0 fully saturated rings. The maximum Gasteiger partial charge on any atom is 0.307 e. The first-order valence-electron chi connectivity index (χ1n) is 7.73. The highest BCUT2D eigenvalue weighted by Crippen LogP contribution is 2.27. The molecule has 0 spiro atoms. The van der Waals surface area contributed by atoms with E-state index in [4.69, 9.17) is 4.74 Å². The normalized spacial score (nSPS) is 17.0. The zero-order chi connectivity index (χ0) is 15.9. The molecular formula is C19H22O3. The Bertz CT molecular complexity index is 609. The molecule has 0 aromatic heterocycles. The van der Waals surface area contributed by atoms with E-state index in [-0.39, 0.29) is 11.8 Å². The van der Waals surface area contributed by atoms with Crippen molar-refractivity contribution in [1.29, 1.82) is 0 Å². The minimum Gasteiger partial charge on any atom is -0.430 e. The number of ketones is 1. The average Bonchev–Trinajstić information content (AvgIpc) is 2.47. The Morgan fingerprint density at radius 2 is 1.95 bits per heavy atom. The second-order valence-corrected chi connectivity index (χ2v) is 5.58. The van der Waals surface area contributed by atoms with Crippen molar-refractivity contribution in [2.45, 2.75) is 46.0 Å². The van der Waals surface area contributed by atoms with Crippen LogP contribution >= 0.6 is 0 Å². The molecule has 0 heterocycles. The fourth-order valence-corrected chi connectivity index (χ4v) is 2.74. The molecule has 3 nitrogen and oxygen atoms in total. The zero-order valence-corrected chi connectivity index (χ0v) is 13.2. The quantitative estimate of drug-likeness (QED) is 0.466. The van der Waals surface area contributed by atoms with Crippen LogP contribution in [0.2, 0.25) is 0 Å². The number of carbonyl (C=O) groups excluding carboxylic acids is 2. The third-order valence-corrected chi connectivity index (χ3v) is 3.75. The monoisotopic (exact) mass is 298 g/mol. The third kappa shape index (κ3) is 4.42. The summed E-state index contributed by atoms with van der Waals surface area (Å²) in [7, 11) is 0. The van der Waals surface area contributed by atoms with E-state index in [1.54, 1.807) is 0 Å². The van der Waals surface area contributed by atoms with Crippen LogP contribution in [0.25, 0.3) is 0 Å². The van der Waals surface area contributed by atoms with Crippen molar-refractivity contribution in [1.82, 2.24) is 0 Å². The van der Waals surface area contributed by atoms with Gasteiger partial charge in [-0.05, 0) is 37.3 Å². The van der Waals surface area contributed by atoms with Crippen LogP contribution in [0.3, 0.4) is 0 Å². The minimum atomic E-state index is -0.367. The van der Waals surface area contributed by atoms with Gasteiger partial charge in [-0.3, -0.25) is 9.59 Å². The summed E-state index contributed by atoms with van der Waals surface area (Å²) in [6.07, 6.45) is 5.65. The largest absolute Gasteiger partial charge is 0.430 e. The molecule has 1 aromatic rings. The van der Waals surface area contributed by atoms with Crippen LogP contribution in [0.15, 0.2) is 53.3 Å². The molecule has 1 aromatic carbocycles. The smallest absolute Gasteiger partial charge is 0.307 e. The van der Waals surface area contributed by atoms with Crippen molar-refractivity contribution >= 4 is 11.8 Å². The van der Waals surface area contributed by atoms with Crippen LogP contribution in [0.4, 0.5) is 0 Å². The number of hydrogen-bond donors (Lipinski definition) is 0. The number of allylic oxidation sites excluding steroid dienone is 4. The van der Waals surface area contributed by atoms with E-state index in [1.165, 1.54) is 12.5 Å². The third-order valence-electron chi connectivity index (χ3n) is 3.75. The lowest BCUT2D eigenvalue weighted by Crippen LogP contribution is -2.14. The second kappa shape index (κ2) is 7.74. The Hall–Kier alpha value is -2.16. The van der Waals surface area contributed by atoms with Gasteiger partial charge in [0.15, 0.2) is 5.78 Å². The van der Waals surface area contributed by atoms with E-state index in [0.29, 0.717) is 24.2 Å². The molecule has 0 atom stereocenters. The summed E-state index contributed by atoms with van der Waals surface area (Å²) in [6, 6.07) is 10.2. The van der Waals surface area contributed by atoms with Gasteiger partial charge in [-0.25, -0.2) is 0 Å². The van der Waals surface area contributed by atoms with Gasteiger partial charge in [0.05, 0.1) is 5.57 Å². The topological polar surface area (TPSA) is 43.4 Å². The van der Waals surface area contributed by atoms with Gasteiger partial charge in [0, 0.05) is 19.8 Å². The van der Waals surface area contributed by atoms with Crippen molar-refractivity contribution in [3.8, 4) is 0 Å². The van der Waals surface area contributed by atoms with Crippen molar-refractivity contribution in [2.24, 2.45) is 0 Å². The number of esters is 1. The van der Waals surface area contributed by atoms with E-state index in [2.05, 4.69) is 12.1 Å². The molecule has 0 bridgehead atoms. The minimum absolute atomic E-state index is 0.0796. The molecule has 1 aliphatic rings. The predicted molar refractivity (Wildman–Crippen MR) is 86.2 cm³/mol. The Morgan fingerprint density at radius 3 is 2.59 bits per heavy atom. The summed E-state index contributed by atoms with van der Waals surface area (Å²) in [6.45, 7) is 3.29. The first-order valence-corrected chi connectivity index (χ1v) is 7.73. The number of hydrogen-bond acceptors (Lipinski definition) is 3. The lowest BCUT2D eigenvalue weighted by Gasteiger charge is -2.17. The molecule has 22 heavy (non-hydrogen) atoms. The van der Waals surface area contributed by atoms with Crippen molar-refractivity contribution in [2.75, 3.05) is 0 Å². The summed E-state index contributed by atoms with van der Waals surface area (Å²) in [5.74, 6) is 0.242. The lowest BCUT2D eigenvalue weighted by molar-refractivity contribution is -0.137. The Kier molecular flexibility index (Phi) is 5.70. The van der Waals surface area contributed by atoms with Crippen molar-refractivity contribution in [3.63, 3.8) is 0 Å². The van der Waals surface area contributed by atoms with E-state index in [9.17, 15) is 9.59 Å². The van der Waals surface area contributed by atoms with E-state index < -0.39 is 0 Å². The Labute approximate surface area is 131 Å². The van der Waals surface area contributed by atoms with Gasteiger partial charge in [0.1, 0.15) is 5.76 Å². The maximum absolute atomic E-state index is 12.2. The summed E-state index contributed by atoms with van der Waals surface area (Å²) in [5.41, 5.74) is 2.78. The van der Waals surface area contributed by atoms with E-state index in [1.807, 2.05) is 31.2 Å². The summed E-state index contributed by atoms with van der Waals surface area (Å²) in [4.78, 5) is 23.5. The number of rotatable bonds is 5. The highest BCUT2D eigenvalue weighted by atomic mass is 16.5. The van der Waals surface area contributed by atoms with Gasteiger partial charge in [-0.2, -0.15) is 0 Å². The van der Waals surface area contributed by atoms with E-state index in [0.717, 1.165) is 24.8 Å². The molecule has 0 radical (unpaired) electrons. The molecule has 0 saturated heterocycles. The highest BCUT2D eigenvalue weighted by molar-refractivity contribution is 6.01. The summed E-state index contributed by atoms with van der Waals surface area (Å²) < 4.78 is 5.35. The molecule has 0 amide bonds. The van der Waals surface area contributed by atoms with Crippen LogP contribution < -0.4 is 0 Å². The SMILES string of the molecule is CC(=O)O/C(CCCc1ccccc1)=C1\C(=O)CCC=C1C. The molecule has 2 rings (SSSR count). The summed E-state index contributed by atoms with van der Waals surface area (Å²) >= 11 is 0. The first-order chi connectivity index (χ1) is 10.6. The molecule has 0 N–H and O–H groups in total.